The zero-order valence-electron chi connectivity index (χ0n) is 13.6. The molecule has 4 rings (SSSR count). The number of rotatable bonds is 3. The van der Waals surface area contributed by atoms with E-state index in [1.807, 2.05) is 36.4 Å². The van der Waals surface area contributed by atoms with Crippen LogP contribution in [0.4, 0.5) is 13.2 Å². The number of hydrogen-bond donors (Lipinski definition) is 0. The quantitative estimate of drug-likeness (QED) is 0.509. The Kier molecular flexibility index (Phi) is 3.95. The van der Waals surface area contributed by atoms with Gasteiger partial charge in [0.2, 0.25) is 0 Å². The van der Waals surface area contributed by atoms with Gasteiger partial charge in [-0.05, 0) is 29.8 Å². The van der Waals surface area contributed by atoms with E-state index in [4.69, 9.17) is 0 Å². The van der Waals surface area contributed by atoms with Crippen LogP contribution in [0.3, 0.4) is 0 Å². The highest BCUT2D eigenvalue weighted by Gasteiger charge is 2.30. The van der Waals surface area contributed by atoms with Gasteiger partial charge in [0.15, 0.2) is 0 Å². The highest BCUT2D eigenvalue weighted by atomic mass is 19.4. The molecule has 26 heavy (non-hydrogen) atoms. The van der Waals surface area contributed by atoms with Gasteiger partial charge in [0.25, 0.3) is 0 Å². The lowest BCUT2D eigenvalue weighted by Crippen LogP contribution is -2.07. The number of nitrogens with zero attached hydrogens (tertiary/aromatic N) is 3. The van der Waals surface area contributed by atoms with Crippen molar-refractivity contribution >= 4 is 10.9 Å². The lowest BCUT2D eigenvalue weighted by Gasteiger charge is -2.08. The molecular formula is C20H14F3N3. The third-order valence-electron chi connectivity index (χ3n) is 4.13. The average molecular weight is 353 g/mol. The zero-order chi connectivity index (χ0) is 18.1. The standard InChI is InChI=1S/C20H14F3N3/c21-20(22,23)17-6-3-4-14(10-17)12-26-13-16(11-24-26)19-9-8-15-5-1-2-7-18(15)25-19/h1-11,13H,12H2. The molecule has 2 heterocycles. The summed E-state index contributed by atoms with van der Waals surface area (Å²) in [6, 6.07) is 17.0. The minimum Gasteiger partial charge on any atom is -0.268 e. The molecule has 6 heteroatoms. The topological polar surface area (TPSA) is 30.7 Å². The Morgan fingerprint density at radius 2 is 1.77 bits per heavy atom. The fourth-order valence-electron chi connectivity index (χ4n) is 2.84. The molecule has 0 aliphatic heterocycles. The molecule has 0 unspecified atom stereocenters. The summed E-state index contributed by atoms with van der Waals surface area (Å²) in [6.45, 7) is 0.261. The number of fused-ring (bicyclic) bond motifs is 1. The number of pyridine rings is 1. The summed E-state index contributed by atoms with van der Waals surface area (Å²) < 4.78 is 40.1. The van der Waals surface area contributed by atoms with E-state index >= 15 is 0 Å². The number of hydrogen-bond acceptors (Lipinski definition) is 2. The van der Waals surface area contributed by atoms with Crippen LogP contribution >= 0.6 is 0 Å². The maximum absolute atomic E-state index is 12.8. The van der Waals surface area contributed by atoms with Crippen molar-refractivity contribution in [1.29, 1.82) is 0 Å². The summed E-state index contributed by atoms with van der Waals surface area (Å²) in [5.74, 6) is 0. The molecule has 0 N–H and O–H groups in total. The third kappa shape index (κ3) is 3.31. The lowest BCUT2D eigenvalue weighted by atomic mass is 10.1. The molecule has 2 aromatic heterocycles. The second-order valence-corrected chi connectivity index (χ2v) is 6.01. The van der Waals surface area contributed by atoms with Crippen LogP contribution in [0.15, 0.2) is 73.1 Å². The van der Waals surface area contributed by atoms with Crippen LogP contribution in [-0.2, 0) is 12.7 Å². The fourth-order valence-corrected chi connectivity index (χ4v) is 2.84. The predicted molar refractivity (Wildman–Crippen MR) is 93.5 cm³/mol. The Labute approximate surface area is 147 Å². The molecule has 130 valence electrons. The van der Waals surface area contributed by atoms with Gasteiger partial charge in [-0.1, -0.05) is 36.4 Å². The van der Waals surface area contributed by atoms with E-state index in [1.165, 1.54) is 6.07 Å². The van der Waals surface area contributed by atoms with Crippen LogP contribution < -0.4 is 0 Å². The van der Waals surface area contributed by atoms with E-state index in [9.17, 15) is 13.2 Å². The second kappa shape index (κ2) is 6.29. The van der Waals surface area contributed by atoms with Crippen LogP contribution in [-0.4, -0.2) is 14.8 Å². The molecule has 0 aliphatic carbocycles. The molecule has 0 fully saturated rings. The molecule has 0 amide bonds. The van der Waals surface area contributed by atoms with Crippen molar-refractivity contribution < 1.29 is 13.2 Å². The molecule has 0 saturated carbocycles. The summed E-state index contributed by atoms with van der Waals surface area (Å²) >= 11 is 0. The fraction of sp³-hybridized carbons (Fsp3) is 0.100. The Hall–Kier alpha value is -3.15. The SMILES string of the molecule is FC(F)(F)c1cccc(Cn2cc(-c3ccc4ccccc4n3)cn2)c1. The van der Waals surface area contributed by atoms with Gasteiger partial charge < -0.3 is 0 Å². The maximum atomic E-state index is 12.8. The molecule has 0 bridgehead atoms. The molecule has 0 radical (unpaired) electrons. The number of para-hydroxylation sites is 1. The van der Waals surface area contributed by atoms with Crippen molar-refractivity contribution in [2.75, 3.05) is 0 Å². The van der Waals surface area contributed by atoms with Crippen LogP contribution in [0, 0.1) is 0 Å². The largest absolute Gasteiger partial charge is 0.416 e. The lowest BCUT2D eigenvalue weighted by molar-refractivity contribution is -0.137. The minimum absolute atomic E-state index is 0.261. The van der Waals surface area contributed by atoms with E-state index in [1.54, 1.807) is 23.1 Å². The number of halogens is 3. The number of benzene rings is 2. The van der Waals surface area contributed by atoms with Gasteiger partial charge in [-0.15, -0.1) is 0 Å². The van der Waals surface area contributed by atoms with Crippen LogP contribution in [0.1, 0.15) is 11.1 Å². The molecule has 4 aromatic rings. The van der Waals surface area contributed by atoms with Gasteiger partial charge in [0.1, 0.15) is 0 Å². The van der Waals surface area contributed by atoms with Gasteiger partial charge in [0.05, 0.1) is 29.5 Å². The van der Waals surface area contributed by atoms with E-state index in [0.717, 1.165) is 34.3 Å². The highest BCUT2D eigenvalue weighted by Crippen LogP contribution is 2.29. The molecule has 0 atom stereocenters. The summed E-state index contributed by atoms with van der Waals surface area (Å²) in [5, 5.41) is 5.30. The maximum Gasteiger partial charge on any atom is 0.416 e. The van der Waals surface area contributed by atoms with Crippen LogP contribution in [0.2, 0.25) is 0 Å². The monoisotopic (exact) mass is 353 g/mol. The summed E-state index contributed by atoms with van der Waals surface area (Å²) in [7, 11) is 0. The number of aromatic nitrogens is 3. The molecule has 3 nitrogen and oxygen atoms in total. The zero-order valence-corrected chi connectivity index (χ0v) is 13.6. The van der Waals surface area contributed by atoms with Gasteiger partial charge in [-0.25, -0.2) is 4.98 Å². The normalized spacial score (nSPS) is 11.8. The first kappa shape index (κ1) is 16.3. The first-order chi connectivity index (χ1) is 12.5. The Bertz CT molecular complexity index is 1070. The first-order valence-electron chi connectivity index (χ1n) is 8.04. The van der Waals surface area contributed by atoms with Crippen molar-refractivity contribution in [1.82, 2.24) is 14.8 Å². The number of alkyl halides is 3. The van der Waals surface area contributed by atoms with E-state index < -0.39 is 11.7 Å². The Balaban J connectivity index is 1.60. The second-order valence-electron chi connectivity index (χ2n) is 6.01. The average Bonchev–Trinajstić information content (AvgIpc) is 3.09. The van der Waals surface area contributed by atoms with Crippen LogP contribution in [0.25, 0.3) is 22.2 Å². The van der Waals surface area contributed by atoms with Crippen LogP contribution in [0.5, 0.6) is 0 Å². The Morgan fingerprint density at radius 3 is 2.62 bits per heavy atom. The molecule has 0 aliphatic rings. The summed E-state index contributed by atoms with van der Waals surface area (Å²) in [4.78, 5) is 4.61. The predicted octanol–water partition coefficient (Wildman–Crippen LogP) is 5.17. The Morgan fingerprint density at radius 1 is 0.923 bits per heavy atom. The van der Waals surface area contributed by atoms with E-state index in [2.05, 4.69) is 10.1 Å². The van der Waals surface area contributed by atoms with Crippen molar-refractivity contribution in [2.24, 2.45) is 0 Å². The van der Waals surface area contributed by atoms with Crippen molar-refractivity contribution in [3.63, 3.8) is 0 Å². The smallest absolute Gasteiger partial charge is 0.268 e. The van der Waals surface area contributed by atoms with E-state index in [0.29, 0.717) is 5.56 Å². The van der Waals surface area contributed by atoms with Crippen molar-refractivity contribution in [2.45, 2.75) is 12.7 Å². The van der Waals surface area contributed by atoms with Gasteiger partial charge >= 0.3 is 6.18 Å². The molecular weight excluding hydrogens is 339 g/mol. The first-order valence-corrected chi connectivity index (χ1v) is 8.04. The molecule has 0 saturated heterocycles. The van der Waals surface area contributed by atoms with Crippen molar-refractivity contribution in [3.8, 4) is 11.3 Å². The van der Waals surface area contributed by atoms with Gasteiger partial charge in [-0.3, -0.25) is 4.68 Å². The highest BCUT2D eigenvalue weighted by molar-refractivity contribution is 5.81. The molecule has 0 spiro atoms. The van der Waals surface area contributed by atoms with Crippen molar-refractivity contribution in [3.05, 3.63) is 84.2 Å². The van der Waals surface area contributed by atoms with E-state index in [-0.39, 0.29) is 6.54 Å². The summed E-state index contributed by atoms with van der Waals surface area (Å²) in [5.41, 5.74) is 2.37. The summed E-state index contributed by atoms with van der Waals surface area (Å²) in [6.07, 6.45) is -0.887. The minimum atomic E-state index is -4.35. The third-order valence-corrected chi connectivity index (χ3v) is 4.13. The molecule has 2 aromatic carbocycles. The van der Waals surface area contributed by atoms with Gasteiger partial charge in [-0.2, -0.15) is 18.3 Å². The van der Waals surface area contributed by atoms with Gasteiger partial charge in [0, 0.05) is 17.1 Å².